The van der Waals surface area contributed by atoms with Gasteiger partial charge in [0.1, 0.15) is 0 Å². The van der Waals surface area contributed by atoms with Crippen LogP contribution in [0.2, 0.25) is 0 Å². The predicted octanol–water partition coefficient (Wildman–Crippen LogP) is 1.50. The lowest BCUT2D eigenvalue weighted by Gasteiger charge is -2.03. The molecule has 0 aliphatic carbocycles. The van der Waals surface area contributed by atoms with E-state index in [1.165, 1.54) is 18.3 Å². The Morgan fingerprint density at radius 2 is 1.76 bits per heavy atom. The number of rotatable bonds is 4. The van der Waals surface area contributed by atoms with Crippen molar-refractivity contribution in [2.75, 3.05) is 0 Å². The average Bonchev–Trinajstić information content (AvgIpc) is 2.48. The van der Waals surface area contributed by atoms with Crippen LogP contribution in [0.1, 0.15) is 11.1 Å². The van der Waals surface area contributed by atoms with Gasteiger partial charge in [0.05, 0.1) is 12.6 Å². The minimum Gasteiger partial charge on any atom is -0.504 e. The molecule has 0 unspecified atom stereocenters. The first-order valence-corrected chi connectivity index (χ1v) is 6.17. The molecule has 0 aliphatic rings. The van der Waals surface area contributed by atoms with Crippen molar-refractivity contribution in [2.45, 2.75) is 6.42 Å². The molecule has 2 aromatic carbocycles. The molecule has 6 heteroatoms. The number of hydrazone groups is 1. The van der Waals surface area contributed by atoms with Gasteiger partial charge >= 0.3 is 0 Å². The summed E-state index contributed by atoms with van der Waals surface area (Å²) in [5.41, 5.74) is 3.34. The molecule has 2 aromatic rings. The molecule has 0 spiro atoms. The first kappa shape index (κ1) is 14.4. The van der Waals surface area contributed by atoms with Crippen molar-refractivity contribution in [3.8, 4) is 17.2 Å². The summed E-state index contributed by atoms with van der Waals surface area (Å²) in [5, 5.41) is 31.8. The van der Waals surface area contributed by atoms with Crippen LogP contribution in [0.3, 0.4) is 0 Å². The van der Waals surface area contributed by atoms with Crippen LogP contribution >= 0.6 is 0 Å². The lowest BCUT2D eigenvalue weighted by atomic mass is 10.1. The summed E-state index contributed by atoms with van der Waals surface area (Å²) in [6.07, 6.45) is 1.36. The summed E-state index contributed by atoms with van der Waals surface area (Å²) in [6, 6.07) is 11.8. The van der Waals surface area contributed by atoms with Crippen molar-refractivity contribution < 1.29 is 20.1 Å². The van der Waals surface area contributed by atoms with Gasteiger partial charge in [0.2, 0.25) is 11.7 Å². The Balaban J connectivity index is 1.97. The van der Waals surface area contributed by atoms with Gasteiger partial charge < -0.3 is 15.3 Å². The number of aromatic hydroxyl groups is 3. The number of amides is 1. The highest BCUT2D eigenvalue weighted by Gasteiger charge is 2.09. The fraction of sp³-hybridized carbons (Fsp3) is 0.0667. The van der Waals surface area contributed by atoms with E-state index in [1.807, 2.05) is 30.3 Å². The first-order valence-electron chi connectivity index (χ1n) is 6.17. The Hall–Kier alpha value is -3.02. The van der Waals surface area contributed by atoms with Gasteiger partial charge in [-0.3, -0.25) is 4.79 Å². The smallest absolute Gasteiger partial charge is 0.244 e. The summed E-state index contributed by atoms with van der Waals surface area (Å²) < 4.78 is 0. The normalized spacial score (nSPS) is 10.7. The Bertz CT molecular complexity index is 669. The van der Waals surface area contributed by atoms with Crippen LogP contribution in [0.5, 0.6) is 17.2 Å². The van der Waals surface area contributed by atoms with E-state index in [1.54, 1.807) is 0 Å². The van der Waals surface area contributed by atoms with Gasteiger partial charge in [0.25, 0.3) is 0 Å². The van der Waals surface area contributed by atoms with Crippen molar-refractivity contribution in [3.05, 3.63) is 53.6 Å². The molecular formula is C15H14N2O4. The van der Waals surface area contributed by atoms with Gasteiger partial charge in [-0.05, 0) is 17.7 Å². The SMILES string of the molecule is O=C(Cc1ccccc1)NN=Cc1ccc(O)c(O)c1O. The van der Waals surface area contributed by atoms with Gasteiger partial charge in [-0.25, -0.2) is 5.43 Å². The minimum absolute atomic E-state index is 0.172. The van der Waals surface area contributed by atoms with E-state index in [0.29, 0.717) is 0 Å². The van der Waals surface area contributed by atoms with E-state index in [2.05, 4.69) is 10.5 Å². The van der Waals surface area contributed by atoms with Crippen LogP contribution in [0.15, 0.2) is 47.6 Å². The van der Waals surface area contributed by atoms with E-state index in [-0.39, 0.29) is 17.9 Å². The molecule has 0 fully saturated rings. The van der Waals surface area contributed by atoms with Gasteiger partial charge in [-0.15, -0.1) is 0 Å². The molecule has 0 saturated heterocycles. The van der Waals surface area contributed by atoms with E-state index in [9.17, 15) is 20.1 Å². The monoisotopic (exact) mass is 286 g/mol. The van der Waals surface area contributed by atoms with E-state index < -0.39 is 17.2 Å². The number of phenols is 3. The molecule has 2 rings (SSSR count). The van der Waals surface area contributed by atoms with Crippen LogP contribution in [0.25, 0.3) is 0 Å². The van der Waals surface area contributed by atoms with Crippen molar-refractivity contribution >= 4 is 12.1 Å². The number of benzene rings is 2. The molecule has 0 saturated carbocycles. The van der Waals surface area contributed by atoms with Crippen LogP contribution in [0, 0.1) is 0 Å². The molecule has 0 aliphatic heterocycles. The lowest BCUT2D eigenvalue weighted by Crippen LogP contribution is -2.19. The van der Waals surface area contributed by atoms with E-state index in [0.717, 1.165) is 5.56 Å². The Morgan fingerprint density at radius 1 is 1.05 bits per heavy atom. The summed E-state index contributed by atoms with van der Waals surface area (Å²) in [5.74, 6) is -1.87. The average molecular weight is 286 g/mol. The molecule has 0 bridgehead atoms. The maximum atomic E-state index is 11.6. The largest absolute Gasteiger partial charge is 0.504 e. The first-order chi connectivity index (χ1) is 10.1. The second-order valence-electron chi connectivity index (χ2n) is 4.33. The van der Waals surface area contributed by atoms with Crippen molar-refractivity contribution in [1.82, 2.24) is 5.43 Å². The molecule has 1 amide bonds. The number of carbonyl (C=O) groups is 1. The molecule has 21 heavy (non-hydrogen) atoms. The fourth-order valence-electron chi connectivity index (χ4n) is 1.68. The van der Waals surface area contributed by atoms with Crippen molar-refractivity contribution in [3.63, 3.8) is 0 Å². The van der Waals surface area contributed by atoms with Crippen LogP contribution in [0.4, 0.5) is 0 Å². The summed E-state index contributed by atoms with van der Waals surface area (Å²) in [7, 11) is 0. The summed E-state index contributed by atoms with van der Waals surface area (Å²) >= 11 is 0. The summed E-state index contributed by atoms with van der Waals surface area (Å²) in [4.78, 5) is 11.6. The summed E-state index contributed by atoms with van der Waals surface area (Å²) in [6.45, 7) is 0. The van der Waals surface area contributed by atoms with Gasteiger partial charge in [-0.1, -0.05) is 30.3 Å². The van der Waals surface area contributed by atoms with Crippen LogP contribution in [-0.2, 0) is 11.2 Å². The number of nitrogens with zero attached hydrogens (tertiary/aromatic N) is 1. The zero-order valence-corrected chi connectivity index (χ0v) is 11.0. The second-order valence-corrected chi connectivity index (χ2v) is 4.33. The Kier molecular flexibility index (Phi) is 4.40. The Morgan fingerprint density at radius 3 is 2.48 bits per heavy atom. The second kappa shape index (κ2) is 6.42. The molecular weight excluding hydrogens is 272 g/mol. The van der Waals surface area contributed by atoms with Crippen molar-refractivity contribution in [2.24, 2.45) is 5.10 Å². The van der Waals surface area contributed by atoms with E-state index in [4.69, 9.17) is 0 Å². The van der Waals surface area contributed by atoms with Crippen LogP contribution in [-0.4, -0.2) is 27.4 Å². The lowest BCUT2D eigenvalue weighted by molar-refractivity contribution is -0.120. The standard InChI is InChI=1S/C15H14N2O4/c18-12-7-6-11(14(20)15(12)21)9-16-17-13(19)8-10-4-2-1-3-5-10/h1-7,9,18,20-21H,8H2,(H,17,19). The van der Waals surface area contributed by atoms with Gasteiger partial charge in [0.15, 0.2) is 11.5 Å². The molecule has 6 nitrogen and oxygen atoms in total. The molecule has 0 heterocycles. The number of nitrogens with one attached hydrogen (secondary N) is 1. The highest BCUT2D eigenvalue weighted by molar-refractivity contribution is 5.87. The Labute approximate surface area is 121 Å². The quantitative estimate of drug-likeness (QED) is 0.388. The number of phenolic OH excluding ortho intramolecular Hbond substituents is 3. The molecule has 0 radical (unpaired) electrons. The maximum Gasteiger partial charge on any atom is 0.244 e. The third-order valence-corrected chi connectivity index (χ3v) is 2.76. The molecule has 108 valence electrons. The maximum absolute atomic E-state index is 11.6. The minimum atomic E-state index is -0.630. The van der Waals surface area contributed by atoms with Crippen LogP contribution < -0.4 is 5.43 Å². The molecule has 0 aromatic heterocycles. The third kappa shape index (κ3) is 3.73. The predicted molar refractivity (Wildman–Crippen MR) is 77.3 cm³/mol. The third-order valence-electron chi connectivity index (χ3n) is 2.76. The number of hydrogen-bond acceptors (Lipinski definition) is 5. The van der Waals surface area contributed by atoms with E-state index >= 15 is 0 Å². The fourth-order valence-corrected chi connectivity index (χ4v) is 1.68. The zero-order chi connectivity index (χ0) is 15.2. The van der Waals surface area contributed by atoms with Gasteiger partial charge in [0, 0.05) is 5.56 Å². The topological polar surface area (TPSA) is 102 Å². The number of hydrogen-bond donors (Lipinski definition) is 4. The van der Waals surface area contributed by atoms with Gasteiger partial charge in [-0.2, -0.15) is 5.10 Å². The van der Waals surface area contributed by atoms with Crippen molar-refractivity contribution in [1.29, 1.82) is 0 Å². The highest BCUT2D eigenvalue weighted by Crippen LogP contribution is 2.36. The number of carbonyl (C=O) groups excluding carboxylic acids is 1. The highest BCUT2D eigenvalue weighted by atomic mass is 16.3. The molecule has 4 N–H and O–H groups in total. The zero-order valence-electron chi connectivity index (χ0n) is 11.0. The molecule has 0 atom stereocenters.